The number of carbonyl (C=O) groups excluding carboxylic acids is 1. The minimum Gasteiger partial charge on any atom is -0.345 e. The monoisotopic (exact) mass is 345 g/mol. The highest BCUT2D eigenvalue weighted by molar-refractivity contribution is 5.97. The lowest BCUT2D eigenvalue weighted by molar-refractivity contribution is 0.0524. The number of fused-ring (bicyclic) bond motifs is 3. The summed E-state index contributed by atoms with van der Waals surface area (Å²) in [5.41, 5.74) is 4.04. The lowest BCUT2D eigenvalue weighted by atomic mass is 9.85. The molecule has 26 heavy (non-hydrogen) atoms. The Hall–Kier alpha value is -2.62. The SMILES string of the molecule is O=C(c1ccc2nc[nH]c2c1)N1C2CCC1CC(Cc1ccccc1)C2. The number of aromatic nitrogens is 2. The van der Waals surface area contributed by atoms with E-state index in [9.17, 15) is 4.79 Å². The van der Waals surface area contributed by atoms with Gasteiger partial charge in [0.25, 0.3) is 5.91 Å². The van der Waals surface area contributed by atoms with Gasteiger partial charge in [-0.1, -0.05) is 30.3 Å². The van der Waals surface area contributed by atoms with E-state index in [0.29, 0.717) is 18.0 Å². The summed E-state index contributed by atoms with van der Waals surface area (Å²) < 4.78 is 0. The maximum absolute atomic E-state index is 13.2. The van der Waals surface area contributed by atoms with Crippen LogP contribution in [0.25, 0.3) is 11.0 Å². The Kier molecular flexibility index (Phi) is 3.77. The largest absolute Gasteiger partial charge is 0.345 e. The molecule has 2 unspecified atom stereocenters. The van der Waals surface area contributed by atoms with Crippen molar-refractivity contribution in [2.45, 2.75) is 44.2 Å². The molecule has 1 amide bonds. The van der Waals surface area contributed by atoms with E-state index in [1.807, 2.05) is 18.2 Å². The number of piperidine rings is 1. The molecule has 2 saturated heterocycles. The standard InChI is InChI=1S/C22H23N3O/c26-22(17-6-9-20-21(13-17)24-14-23-20)25-18-7-8-19(25)12-16(11-18)10-15-4-2-1-3-5-15/h1-6,9,13-14,16,18-19H,7-8,10-12H2,(H,23,24). The van der Waals surface area contributed by atoms with Crippen LogP contribution in [-0.2, 0) is 6.42 Å². The number of aromatic amines is 1. The smallest absolute Gasteiger partial charge is 0.254 e. The number of imidazole rings is 1. The van der Waals surface area contributed by atoms with Crippen LogP contribution in [0.1, 0.15) is 41.6 Å². The molecule has 4 heteroatoms. The molecule has 0 aliphatic carbocycles. The minimum absolute atomic E-state index is 0.187. The van der Waals surface area contributed by atoms with Gasteiger partial charge in [-0.15, -0.1) is 0 Å². The van der Waals surface area contributed by atoms with E-state index >= 15 is 0 Å². The molecule has 2 aromatic carbocycles. The van der Waals surface area contributed by atoms with Gasteiger partial charge in [0, 0.05) is 17.6 Å². The second kappa shape index (κ2) is 6.27. The number of benzene rings is 2. The normalized spacial score (nSPS) is 24.9. The van der Waals surface area contributed by atoms with Gasteiger partial charge >= 0.3 is 0 Å². The summed E-state index contributed by atoms with van der Waals surface area (Å²) in [4.78, 5) is 22.7. The Morgan fingerprint density at radius 3 is 2.62 bits per heavy atom. The predicted octanol–water partition coefficient (Wildman–Crippen LogP) is 4.19. The third kappa shape index (κ3) is 2.70. The number of amides is 1. The lowest BCUT2D eigenvalue weighted by Gasteiger charge is -2.39. The molecule has 0 spiro atoms. The fourth-order valence-electron chi connectivity index (χ4n) is 4.95. The molecule has 2 fully saturated rings. The average molecular weight is 345 g/mol. The van der Waals surface area contributed by atoms with Crippen LogP contribution in [-0.4, -0.2) is 32.9 Å². The quantitative estimate of drug-likeness (QED) is 0.774. The third-order valence-electron chi connectivity index (χ3n) is 6.10. The van der Waals surface area contributed by atoms with E-state index in [4.69, 9.17) is 0 Å². The van der Waals surface area contributed by atoms with Crippen molar-refractivity contribution in [3.63, 3.8) is 0 Å². The molecular weight excluding hydrogens is 322 g/mol. The first-order valence-electron chi connectivity index (χ1n) is 9.57. The zero-order chi connectivity index (χ0) is 17.5. The van der Waals surface area contributed by atoms with Crippen molar-refractivity contribution in [3.8, 4) is 0 Å². The van der Waals surface area contributed by atoms with Crippen molar-refractivity contribution >= 4 is 16.9 Å². The van der Waals surface area contributed by atoms with Crippen LogP contribution >= 0.6 is 0 Å². The molecule has 5 rings (SSSR count). The average Bonchev–Trinajstić information content (AvgIpc) is 3.24. The van der Waals surface area contributed by atoms with E-state index in [0.717, 1.165) is 48.7 Å². The number of H-pyrrole nitrogens is 1. The van der Waals surface area contributed by atoms with Crippen LogP contribution in [0, 0.1) is 5.92 Å². The fraction of sp³-hybridized carbons (Fsp3) is 0.364. The first-order chi connectivity index (χ1) is 12.8. The highest BCUT2D eigenvalue weighted by Gasteiger charge is 2.43. The van der Waals surface area contributed by atoms with Gasteiger partial charge in [0.2, 0.25) is 0 Å². The van der Waals surface area contributed by atoms with Gasteiger partial charge in [-0.05, 0) is 61.8 Å². The van der Waals surface area contributed by atoms with Crippen molar-refractivity contribution in [1.82, 2.24) is 14.9 Å². The van der Waals surface area contributed by atoms with Crippen molar-refractivity contribution in [1.29, 1.82) is 0 Å². The van der Waals surface area contributed by atoms with Crippen LogP contribution in [0.15, 0.2) is 54.9 Å². The number of hydrogen-bond acceptors (Lipinski definition) is 2. The van der Waals surface area contributed by atoms with Gasteiger partial charge in [0.05, 0.1) is 17.4 Å². The first kappa shape index (κ1) is 15.6. The van der Waals surface area contributed by atoms with Gasteiger partial charge in [-0.3, -0.25) is 4.79 Å². The molecule has 0 saturated carbocycles. The molecule has 0 radical (unpaired) electrons. The van der Waals surface area contributed by atoms with Crippen molar-refractivity contribution in [3.05, 3.63) is 66.0 Å². The van der Waals surface area contributed by atoms with E-state index in [1.54, 1.807) is 6.33 Å². The number of rotatable bonds is 3. The summed E-state index contributed by atoms with van der Waals surface area (Å²) >= 11 is 0. The summed E-state index contributed by atoms with van der Waals surface area (Å²) in [7, 11) is 0. The van der Waals surface area contributed by atoms with E-state index < -0.39 is 0 Å². The van der Waals surface area contributed by atoms with Crippen LogP contribution in [0.2, 0.25) is 0 Å². The van der Waals surface area contributed by atoms with Gasteiger partial charge in [-0.25, -0.2) is 4.98 Å². The Morgan fingerprint density at radius 1 is 1.08 bits per heavy atom. The Labute approximate surface area is 153 Å². The van der Waals surface area contributed by atoms with Crippen molar-refractivity contribution < 1.29 is 4.79 Å². The Morgan fingerprint density at radius 2 is 1.85 bits per heavy atom. The fourth-order valence-corrected chi connectivity index (χ4v) is 4.95. The second-order valence-corrected chi connectivity index (χ2v) is 7.76. The predicted molar refractivity (Wildman–Crippen MR) is 102 cm³/mol. The molecule has 1 N–H and O–H groups in total. The van der Waals surface area contributed by atoms with Crippen LogP contribution < -0.4 is 0 Å². The lowest BCUT2D eigenvalue weighted by Crippen LogP contribution is -2.46. The van der Waals surface area contributed by atoms with Crippen LogP contribution in [0.5, 0.6) is 0 Å². The first-order valence-corrected chi connectivity index (χ1v) is 9.57. The minimum atomic E-state index is 0.187. The third-order valence-corrected chi connectivity index (χ3v) is 6.10. The molecule has 3 heterocycles. The van der Waals surface area contributed by atoms with E-state index in [-0.39, 0.29) is 5.91 Å². The summed E-state index contributed by atoms with van der Waals surface area (Å²) in [5.74, 6) is 0.876. The zero-order valence-electron chi connectivity index (χ0n) is 14.8. The maximum Gasteiger partial charge on any atom is 0.254 e. The summed E-state index contributed by atoms with van der Waals surface area (Å²) in [6.07, 6.45) is 7.36. The molecule has 2 bridgehead atoms. The zero-order valence-corrected chi connectivity index (χ0v) is 14.8. The summed E-state index contributed by atoms with van der Waals surface area (Å²) in [6, 6.07) is 17.3. The number of nitrogens with zero attached hydrogens (tertiary/aromatic N) is 2. The Balaban J connectivity index is 1.34. The molecule has 2 aliphatic heterocycles. The highest BCUT2D eigenvalue weighted by atomic mass is 16.2. The van der Waals surface area contributed by atoms with Gasteiger partial charge < -0.3 is 9.88 Å². The van der Waals surface area contributed by atoms with E-state index in [2.05, 4.69) is 45.2 Å². The molecule has 4 nitrogen and oxygen atoms in total. The number of carbonyl (C=O) groups is 1. The molecule has 1 aromatic heterocycles. The molecule has 3 aromatic rings. The molecule has 2 atom stereocenters. The Bertz CT molecular complexity index is 919. The van der Waals surface area contributed by atoms with Gasteiger partial charge in [0.1, 0.15) is 0 Å². The molecular formula is C22H23N3O. The summed E-state index contributed by atoms with van der Waals surface area (Å²) in [5, 5.41) is 0. The van der Waals surface area contributed by atoms with Crippen LogP contribution in [0.4, 0.5) is 0 Å². The topological polar surface area (TPSA) is 49.0 Å². The van der Waals surface area contributed by atoms with E-state index in [1.165, 1.54) is 5.56 Å². The van der Waals surface area contributed by atoms with Crippen molar-refractivity contribution in [2.75, 3.05) is 0 Å². The number of nitrogens with one attached hydrogen (secondary N) is 1. The van der Waals surface area contributed by atoms with Gasteiger partial charge in [0.15, 0.2) is 0 Å². The molecule has 2 aliphatic rings. The second-order valence-electron chi connectivity index (χ2n) is 7.76. The number of hydrogen-bond donors (Lipinski definition) is 1. The maximum atomic E-state index is 13.2. The molecule has 132 valence electrons. The van der Waals surface area contributed by atoms with Crippen LogP contribution in [0.3, 0.4) is 0 Å². The van der Waals surface area contributed by atoms with Crippen molar-refractivity contribution in [2.24, 2.45) is 5.92 Å². The highest BCUT2D eigenvalue weighted by Crippen LogP contribution is 2.40. The van der Waals surface area contributed by atoms with Gasteiger partial charge in [-0.2, -0.15) is 0 Å². The summed E-state index contributed by atoms with van der Waals surface area (Å²) in [6.45, 7) is 0.